The third-order valence-corrected chi connectivity index (χ3v) is 18.4. The second-order valence-corrected chi connectivity index (χ2v) is 23.5. The maximum atomic E-state index is 11.8. The fraction of sp³-hybridized carbons (Fsp3) is 0.917. The molecule has 0 amide bonds. The Kier molecular flexibility index (Phi) is 48.5. The predicted molar refractivity (Wildman–Crippen MR) is 227 cm³/mol. The van der Waals surface area contributed by atoms with Crippen molar-refractivity contribution in [2.75, 3.05) is 125 Å². The topological polar surface area (TPSA) is 130 Å². The monoisotopic (exact) mass is 910 g/mol. The van der Waals surface area contributed by atoms with Crippen LogP contribution in [0.15, 0.2) is 0 Å². The second-order valence-electron chi connectivity index (χ2n) is 7.53. The van der Waals surface area contributed by atoms with Crippen LogP contribution >= 0.6 is 153 Å². The van der Waals surface area contributed by atoms with E-state index in [1.165, 1.54) is 11.8 Å². The maximum absolute atomic E-state index is 11.8. The van der Waals surface area contributed by atoms with Crippen molar-refractivity contribution >= 4 is 165 Å². The molecule has 23 heteroatoms. The van der Waals surface area contributed by atoms with Crippen LogP contribution in [0.5, 0.6) is 0 Å². The highest BCUT2D eigenvalue weighted by Crippen LogP contribution is 2.21. The van der Waals surface area contributed by atoms with Gasteiger partial charge in [-0.05, 0) is 0 Å². The molecule has 2 N–H and O–H groups in total. The highest BCUT2D eigenvalue weighted by molar-refractivity contribution is 8.23. The van der Waals surface area contributed by atoms with Crippen LogP contribution in [0.1, 0.15) is 0 Å². The summed E-state index contributed by atoms with van der Waals surface area (Å²) < 4.78 is 10.4. The minimum atomic E-state index is -0.186. The number of esters is 2. The largest absolute Gasteiger partial charge is 0.454 e. The molecular weight excluding hydrogens is 865 g/mol. The van der Waals surface area contributed by atoms with Gasteiger partial charge in [-0.1, -0.05) is 0 Å². The normalized spacial score (nSPS) is 11.3. The van der Waals surface area contributed by atoms with Gasteiger partial charge < -0.3 is 19.7 Å². The van der Waals surface area contributed by atoms with Crippen molar-refractivity contribution in [2.45, 2.75) is 0 Å². The molecule has 0 fully saturated rings. The Hall–Kier alpha value is 3.25. The quantitative estimate of drug-likeness (QED) is 0.0216. The van der Waals surface area contributed by atoms with E-state index in [-0.39, 0.29) is 25.2 Å². The smallest absolute Gasteiger partial charge is 0.316 e. The zero-order chi connectivity index (χ0) is 34.1. The van der Waals surface area contributed by atoms with Gasteiger partial charge in [0.15, 0.2) is 0 Å². The van der Waals surface area contributed by atoms with Gasteiger partial charge in [0, 0.05) is 63.7 Å². The van der Waals surface area contributed by atoms with Crippen LogP contribution < -0.4 is 0 Å². The lowest BCUT2D eigenvalue weighted by Gasteiger charge is -2.06. The van der Waals surface area contributed by atoms with Crippen molar-refractivity contribution in [1.29, 1.82) is 0 Å². The molecule has 0 aromatic rings. The summed E-state index contributed by atoms with van der Waals surface area (Å²) in [4.78, 5) is 44.1. The van der Waals surface area contributed by atoms with Gasteiger partial charge in [0.2, 0.25) is 0 Å². The van der Waals surface area contributed by atoms with Gasteiger partial charge in [-0.3, -0.25) is 9.59 Å². The Morgan fingerprint density at radius 1 is 0.383 bits per heavy atom. The summed E-state index contributed by atoms with van der Waals surface area (Å²) in [6.07, 6.45) is 0. The van der Waals surface area contributed by atoms with Gasteiger partial charge in [0.25, 0.3) is 0 Å². The molecule has 0 aliphatic heterocycles. The van der Waals surface area contributed by atoms with E-state index in [9.17, 15) is 9.59 Å². The van der Waals surface area contributed by atoms with Crippen LogP contribution in [-0.4, -0.2) is 148 Å². The Labute approximate surface area is 335 Å². The number of ether oxygens (including phenoxy) is 2. The highest BCUT2D eigenvalue weighted by Gasteiger charge is 2.05. The SMILES string of the molecule is O=C(CSCSCSCCOOCSCSCSCOC(=O)CSCSCSCCOOCSCSCCO)OCSCSCCO. The summed E-state index contributed by atoms with van der Waals surface area (Å²) in [6, 6.07) is 0. The van der Waals surface area contributed by atoms with Crippen LogP contribution in [0.25, 0.3) is 0 Å². The van der Waals surface area contributed by atoms with E-state index in [2.05, 4.69) is 0 Å². The van der Waals surface area contributed by atoms with E-state index in [1.807, 2.05) is 0 Å². The lowest BCUT2D eigenvalue weighted by molar-refractivity contribution is -0.274. The van der Waals surface area contributed by atoms with Crippen molar-refractivity contribution in [3.05, 3.63) is 0 Å². The first-order valence-electron chi connectivity index (χ1n) is 13.7. The molecule has 0 saturated heterocycles. The van der Waals surface area contributed by atoms with E-state index in [4.69, 9.17) is 39.2 Å². The van der Waals surface area contributed by atoms with Gasteiger partial charge in [0.1, 0.15) is 23.8 Å². The molecule has 10 nitrogen and oxygen atoms in total. The first-order chi connectivity index (χ1) is 23.2. The summed E-state index contributed by atoms with van der Waals surface area (Å²) in [5.74, 6) is 5.22. The molecular formula is C24H46O10S13. The van der Waals surface area contributed by atoms with Crippen LogP contribution in [0.4, 0.5) is 0 Å². The third kappa shape index (κ3) is 45.3. The maximum Gasteiger partial charge on any atom is 0.316 e. The molecule has 0 aliphatic rings. The van der Waals surface area contributed by atoms with Crippen LogP contribution in [0, 0.1) is 0 Å². The summed E-state index contributed by atoms with van der Waals surface area (Å²) in [5, 5.41) is 24.4. The highest BCUT2D eigenvalue weighted by atomic mass is 32.2. The number of hydrogen-bond donors (Lipinski definition) is 2. The molecule has 0 saturated carbocycles. The Morgan fingerprint density at radius 2 is 0.723 bits per heavy atom. The molecule has 0 rings (SSSR count). The number of thioether (sulfide) groups is 13. The number of rotatable bonds is 40. The standard InChI is InChI=1S/C24H46O10S13/c25-1-5-35-15-41-11-29-23(27)9-39-19-45-18-38-8-4-32-34-14-44-22-47-21-42-12-30-24(28)10-40-20-46-17-37-7-3-31-33-13-43-16-36-6-2-26/h25-26H,1-22H2. The van der Waals surface area contributed by atoms with Crippen molar-refractivity contribution < 1.29 is 48.8 Å². The number of carbonyl (C=O) groups is 2. The average molecular weight is 911 g/mol. The second kappa shape index (κ2) is 45.4. The van der Waals surface area contributed by atoms with Gasteiger partial charge >= 0.3 is 11.9 Å². The van der Waals surface area contributed by atoms with Crippen LogP contribution in [0.3, 0.4) is 0 Å². The third-order valence-electron chi connectivity index (χ3n) is 3.90. The molecule has 0 bridgehead atoms. The van der Waals surface area contributed by atoms with Gasteiger partial charge in [-0.25, -0.2) is 19.6 Å². The Balaban J connectivity index is 3.19. The minimum Gasteiger partial charge on any atom is -0.454 e. The summed E-state index contributed by atoms with van der Waals surface area (Å²) in [5.41, 5.74) is 0. The first-order valence-corrected chi connectivity index (χ1v) is 28.7. The Bertz CT molecular complexity index is 669. The zero-order valence-corrected chi connectivity index (χ0v) is 36.6. The van der Waals surface area contributed by atoms with Crippen molar-refractivity contribution in [2.24, 2.45) is 0 Å². The van der Waals surface area contributed by atoms with E-state index in [0.717, 1.165) is 57.9 Å². The van der Waals surface area contributed by atoms with E-state index >= 15 is 0 Å². The van der Waals surface area contributed by atoms with Crippen LogP contribution in [0.2, 0.25) is 0 Å². The van der Waals surface area contributed by atoms with Crippen molar-refractivity contribution in [3.8, 4) is 0 Å². The Morgan fingerprint density at radius 3 is 1.15 bits per heavy atom. The molecule has 0 aliphatic carbocycles. The van der Waals surface area contributed by atoms with Crippen LogP contribution in [-0.2, 0) is 38.6 Å². The minimum absolute atomic E-state index is 0.174. The van der Waals surface area contributed by atoms with Crippen molar-refractivity contribution in [1.82, 2.24) is 0 Å². The fourth-order valence-electron chi connectivity index (χ4n) is 2.06. The predicted octanol–water partition coefficient (Wildman–Crippen LogP) is 6.98. The molecule has 47 heavy (non-hydrogen) atoms. The number of hydrogen-bond acceptors (Lipinski definition) is 23. The number of aliphatic hydroxyl groups is 2. The molecule has 0 heterocycles. The number of carbonyl (C=O) groups excluding carboxylic acids is 2. The molecule has 0 aromatic heterocycles. The summed E-state index contributed by atoms with van der Waals surface area (Å²) >= 11 is 21.6. The number of aliphatic hydroxyl groups excluding tert-OH is 2. The van der Waals surface area contributed by atoms with Crippen molar-refractivity contribution in [3.63, 3.8) is 0 Å². The molecule has 280 valence electrons. The van der Waals surface area contributed by atoms with Gasteiger partial charge in [-0.15, -0.1) is 153 Å². The fourth-order valence-corrected chi connectivity index (χ4v) is 14.0. The first kappa shape index (κ1) is 50.2. The average Bonchev–Trinajstić information content (AvgIpc) is 3.07. The zero-order valence-electron chi connectivity index (χ0n) is 26.0. The molecule has 0 unspecified atom stereocenters. The molecule has 0 atom stereocenters. The van der Waals surface area contributed by atoms with E-state index < -0.39 is 0 Å². The van der Waals surface area contributed by atoms with E-state index in [1.54, 1.807) is 141 Å². The van der Waals surface area contributed by atoms with Gasteiger partial charge in [0.05, 0.1) is 37.9 Å². The summed E-state index contributed by atoms with van der Waals surface area (Å²) in [7, 11) is 0. The lowest BCUT2D eigenvalue weighted by Crippen LogP contribution is -2.07. The summed E-state index contributed by atoms with van der Waals surface area (Å²) in [6.45, 7) is 1.46. The lowest BCUT2D eigenvalue weighted by atomic mass is 10.8. The molecule has 0 radical (unpaired) electrons. The van der Waals surface area contributed by atoms with Gasteiger partial charge in [-0.2, -0.15) is 0 Å². The molecule has 0 aromatic carbocycles. The van der Waals surface area contributed by atoms with E-state index in [0.29, 0.717) is 54.2 Å². The molecule has 0 spiro atoms.